The van der Waals surface area contributed by atoms with Crippen LogP contribution in [0.15, 0.2) is 40.6 Å². The highest BCUT2D eigenvalue weighted by atomic mass is 32.2. The molecule has 0 spiro atoms. The molecule has 104 valence electrons. The number of hydrogen-bond donors (Lipinski definition) is 0. The summed E-state index contributed by atoms with van der Waals surface area (Å²) in [5.41, 5.74) is 1.08. The van der Waals surface area contributed by atoms with Crippen LogP contribution in [0.5, 0.6) is 0 Å². The van der Waals surface area contributed by atoms with E-state index >= 15 is 0 Å². The molecule has 0 bridgehead atoms. The molecule has 19 heavy (non-hydrogen) atoms. The lowest BCUT2D eigenvalue weighted by Gasteiger charge is -2.07. The summed E-state index contributed by atoms with van der Waals surface area (Å²) in [5, 5.41) is 1.41. The van der Waals surface area contributed by atoms with Gasteiger partial charge < -0.3 is 0 Å². The van der Waals surface area contributed by atoms with Crippen LogP contribution in [0, 0.1) is 12.8 Å². The first kappa shape index (κ1) is 14.3. The van der Waals surface area contributed by atoms with E-state index in [1.165, 1.54) is 31.1 Å². The molecule has 0 aromatic heterocycles. The topological polar surface area (TPSA) is 34.1 Å². The van der Waals surface area contributed by atoms with E-state index in [4.69, 9.17) is 0 Å². The van der Waals surface area contributed by atoms with E-state index < -0.39 is 9.84 Å². The molecule has 1 aromatic rings. The predicted octanol–water partition coefficient (Wildman–Crippen LogP) is 4.25. The summed E-state index contributed by atoms with van der Waals surface area (Å²) >= 11 is 0. The zero-order valence-corrected chi connectivity index (χ0v) is 12.3. The lowest BCUT2D eigenvalue weighted by atomic mass is 10.0. The minimum Gasteiger partial charge on any atom is -0.219 e. The van der Waals surface area contributed by atoms with Crippen LogP contribution in [-0.4, -0.2) is 8.42 Å². The molecule has 1 fully saturated rings. The Balaban J connectivity index is 2.09. The molecule has 0 radical (unpaired) electrons. The van der Waals surface area contributed by atoms with Crippen LogP contribution in [0.25, 0.3) is 0 Å². The zero-order valence-electron chi connectivity index (χ0n) is 11.5. The third kappa shape index (κ3) is 4.20. The summed E-state index contributed by atoms with van der Waals surface area (Å²) in [5.74, 6) is 0.433. The van der Waals surface area contributed by atoms with Gasteiger partial charge in [0.05, 0.1) is 4.90 Å². The van der Waals surface area contributed by atoms with Crippen LogP contribution in [-0.2, 0) is 9.84 Å². The Morgan fingerprint density at radius 2 is 1.58 bits per heavy atom. The van der Waals surface area contributed by atoms with Gasteiger partial charge in [-0.05, 0) is 37.8 Å². The Kier molecular flexibility index (Phi) is 4.81. The van der Waals surface area contributed by atoms with E-state index in [1.807, 2.05) is 25.1 Å². The van der Waals surface area contributed by atoms with Crippen molar-refractivity contribution in [1.29, 1.82) is 0 Å². The van der Waals surface area contributed by atoms with E-state index in [9.17, 15) is 8.42 Å². The lowest BCUT2D eigenvalue weighted by Crippen LogP contribution is -1.99. The molecule has 0 unspecified atom stereocenters. The van der Waals surface area contributed by atoms with Gasteiger partial charge in [-0.3, -0.25) is 0 Å². The maximum absolute atomic E-state index is 12.2. The quantitative estimate of drug-likeness (QED) is 0.774. The minimum absolute atomic E-state index is 0.392. The van der Waals surface area contributed by atoms with E-state index in [1.54, 1.807) is 12.1 Å². The second-order valence-corrected chi connectivity index (χ2v) is 7.27. The second kappa shape index (κ2) is 6.38. The van der Waals surface area contributed by atoms with Crippen molar-refractivity contribution in [2.75, 3.05) is 0 Å². The minimum atomic E-state index is -3.27. The van der Waals surface area contributed by atoms with E-state index in [-0.39, 0.29) is 0 Å². The van der Waals surface area contributed by atoms with E-state index in [0.717, 1.165) is 18.4 Å². The van der Waals surface area contributed by atoms with Gasteiger partial charge in [0, 0.05) is 5.41 Å². The molecule has 0 aliphatic heterocycles. The van der Waals surface area contributed by atoms with Crippen LogP contribution >= 0.6 is 0 Å². The van der Waals surface area contributed by atoms with Crippen molar-refractivity contribution < 1.29 is 8.42 Å². The molecule has 1 aliphatic rings. The highest BCUT2D eigenvalue weighted by Crippen LogP contribution is 2.24. The molecule has 2 rings (SSSR count). The predicted molar refractivity (Wildman–Crippen MR) is 78.7 cm³/mol. The fraction of sp³-hybridized carbons (Fsp3) is 0.500. The monoisotopic (exact) mass is 278 g/mol. The molecule has 0 N–H and O–H groups in total. The molecule has 1 aliphatic carbocycles. The fourth-order valence-corrected chi connectivity index (χ4v) is 3.63. The Hall–Kier alpha value is -1.09. The Morgan fingerprint density at radius 1 is 1.00 bits per heavy atom. The molecule has 2 nitrogen and oxygen atoms in total. The van der Waals surface area contributed by atoms with Gasteiger partial charge >= 0.3 is 0 Å². The van der Waals surface area contributed by atoms with Crippen molar-refractivity contribution in [2.45, 2.75) is 50.3 Å². The summed E-state index contributed by atoms with van der Waals surface area (Å²) in [6, 6.07) is 7.04. The molecule has 0 saturated heterocycles. The number of hydrogen-bond acceptors (Lipinski definition) is 2. The van der Waals surface area contributed by atoms with E-state index in [2.05, 4.69) is 0 Å². The first-order chi connectivity index (χ1) is 9.08. The SMILES string of the molecule is Cc1ccc(S(=O)(=O)/C=C/C2CCCCCC2)cc1. The fourth-order valence-electron chi connectivity index (χ4n) is 2.52. The van der Waals surface area contributed by atoms with Gasteiger partial charge in [0.15, 0.2) is 9.84 Å². The first-order valence-corrected chi connectivity index (χ1v) is 8.62. The molecule has 1 aromatic carbocycles. The maximum atomic E-state index is 12.2. The summed E-state index contributed by atoms with van der Waals surface area (Å²) < 4.78 is 24.4. The number of aryl methyl sites for hydroxylation is 1. The van der Waals surface area contributed by atoms with Gasteiger partial charge in [-0.2, -0.15) is 0 Å². The van der Waals surface area contributed by atoms with Gasteiger partial charge in [-0.15, -0.1) is 0 Å². The molecular formula is C16H22O2S. The molecule has 0 heterocycles. The van der Waals surface area contributed by atoms with Crippen molar-refractivity contribution in [3.05, 3.63) is 41.3 Å². The molecule has 1 saturated carbocycles. The third-order valence-corrected chi connectivity index (χ3v) is 5.22. The molecular weight excluding hydrogens is 256 g/mol. The first-order valence-electron chi connectivity index (χ1n) is 7.08. The normalized spacial score (nSPS) is 18.6. The van der Waals surface area contributed by atoms with Crippen molar-refractivity contribution in [3.8, 4) is 0 Å². The summed E-state index contributed by atoms with van der Waals surface area (Å²) in [7, 11) is -3.27. The molecule has 3 heteroatoms. The van der Waals surface area contributed by atoms with Crippen LogP contribution in [0.2, 0.25) is 0 Å². The van der Waals surface area contributed by atoms with E-state index in [0.29, 0.717) is 10.8 Å². The summed E-state index contributed by atoms with van der Waals surface area (Å²) in [6.07, 6.45) is 9.17. The Labute approximate surface area is 116 Å². The van der Waals surface area contributed by atoms with Crippen molar-refractivity contribution in [1.82, 2.24) is 0 Å². The highest BCUT2D eigenvalue weighted by molar-refractivity contribution is 7.94. The van der Waals surface area contributed by atoms with Gasteiger partial charge in [0.2, 0.25) is 0 Å². The largest absolute Gasteiger partial charge is 0.219 e. The van der Waals surface area contributed by atoms with Crippen molar-refractivity contribution >= 4 is 9.84 Å². The smallest absolute Gasteiger partial charge is 0.199 e. The zero-order chi connectivity index (χ0) is 13.7. The third-order valence-electron chi connectivity index (χ3n) is 3.78. The Bertz CT molecular complexity index is 518. The average Bonchev–Trinajstić information content (AvgIpc) is 2.65. The van der Waals surface area contributed by atoms with Crippen LogP contribution in [0.1, 0.15) is 44.1 Å². The highest BCUT2D eigenvalue weighted by Gasteiger charge is 2.13. The van der Waals surface area contributed by atoms with Gasteiger partial charge in [-0.1, -0.05) is 49.5 Å². The standard InChI is InChI=1S/C16H22O2S/c1-14-8-10-16(11-9-14)19(17,18)13-12-15-6-4-2-3-5-7-15/h8-13,15H,2-7H2,1H3/b13-12+. The molecule has 0 atom stereocenters. The average molecular weight is 278 g/mol. The second-order valence-electron chi connectivity index (χ2n) is 5.44. The Morgan fingerprint density at radius 3 is 2.16 bits per heavy atom. The van der Waals surface area contributed by atoms with Gasteiger partial charge in [-0.25, -0.2) is 8.42 Å². The summed E-state index contributed by atoms with van der Waals surface area (Å²) in [6.45, 7) is 1.96. The summed E-state index contributed by atoms with van der Waals surface area (Å²) in [4.78, 5) is 0.392. The van der Waals surface area contributed by atoms with Crippen molar-refractivity contribution in [3.63, 3.8) is 0 Å². The lowest BCUT2D eigenvalue weighted by molar-refractivity contribution is 0.558. The number of rotatable bonds is 3. The maximum Gasteiger partial charge on any atom is 0.199 e. The number of benzene rings is 1. The van der Waals surface area contributed by atoms with Gasteiger partial charge in [0.1, 0.15) is 0 Å². The van der Waals surface area contributed by atoms with Crippen LogP contribution in [0.4, 0.5) is 0 Å². The number of allylic oxidation sites excluding steroid dienone is 1. The van der Waals surface area contributed by atoms with Gasteiger partial charge in [0.25, 0.3) is 0 Å². The van der Waals surface area contributed by atoms with Crippen LogP contribution < -0.4 is 0 Å². The molecule has 0 amide bonds. The van der Waals surface area contributed by atoms with Crippen molar-refractivity contribution in [2.24, 2.45) is 5.92 Å². The van der Waals surface area contributed by atoms with Crippen LogP contribution in [0.3, 0.4) is 0 Å². The number of sulfone groups is 1.